The van der Waals surface area contributed by atoms with E-state index in [1.807, 2.05) is 6.92 Å². The summed E-state index contributed by atoms with van der Waals surface area (Å²) in [6.07, 6.45) is 1.99. The lowest BCUT2D eigenvalue weighted by molar-refractivity contribution is -0.193. The van der Waals surface area contributed by atoms with E-state index in [4.69, 9.17) is 74.4 Å². The summed E-state index contributed by atoms with van der Waals surface area (Å²) in [5.41, 5.74) is 0.973. The van der Waals surface area contributed by atoms with E-state index in [9.17, 15) is 0 Å². The van der Waals surface area contributed by atoms with Gasteiger partial charge in [-0.15, -0.1) is 20.4 Å². The zero-order valence-electron chi connectivity index (χ0n) is 14.0. The molecule has 0 fully saturated rings. The molecular formula is C15H6Cl4N4O6. The molecule has 0 atom stereocenters. The number of carbonyl (C=O) groups excluding carboxylic acids is 4. The number of hydrogen-bond donors (Lipinski definition) is 0. The van der Waals surface area contributed by atoms with Crippen molar-refractivity contribution in [3.05, 3.63) is 44.8 Å². The molecule has 0 spiro atoms. The van der Waals surface area contributed by atoms with Crippen molar-refractivity contribution in [1.82, 2.24) is 20.4 Å². The quantitative estimate of drug-likeness (QED) is 0.359. The molecule has 0 aliphatic heterocycles. The molecule has 4 aromatic heterocycles. The van der Waals surface area contributed by atoms with Crippen LogP contribution in [0.15, 0.2) is 27.2 Å². The molecule has 0 saturated carbocycles. The van der Waals surface area contributed by atoms with Gasteiger partial charge in [0.05, 0.1) is 17.0 Å². The lowest BCUT2D eigenvalue weighted by Gasteiger charge is -1.90. The van der Waals surface area contributed by atoms with Gasteiger partial charge in [-0.05, 0) is 19.1 Å². The molecule has 0 aliphatic carbocycles. The second-order valence-corrected chi connectivity index (χ2v) is 5.93. The van der Waals surface area contributed by atoms with Gasteiger partial charge in [-0.25, -0.2) is 0 Å². The van der Waals surface area contributed by atoms with Crippen LogP contribution in [0.5, 0.6) is 0 Å². The number of hydrogen-bond acceptors (Lipinski definition) is 10. The minimum atomic E-state index is 0.231. The lowest BCUT2D eigenvalue weighted by atomic mass is 10.3. The van der Waals surface area contributed by atoms with Crippen LogP contribution < -0.4 is 0 Å². The predicted octanol–water partition coefficient (Wildman–Crippen LogP) is 4.20. The highest BCUT2D eigenvalue weighted by molar-refractivity contribution is 6.38. The maximum absolute atomic E-state index is 8.12. The van der Waals surface area contributed by atoms with E-state index < -0.39 is 0 Å². The highest BCUT2D eigenvalue weighted by Crippen LogP contribution is 2.28. The van der Waals surface area contributed by atoms with Crippen LogP contribution in [-0.2, 0) is 19.2 Å². The first-order valence-corrected chi connectivity index (χ1v) is 8.43. The third-order valence-corrected chi connectivity index (χ3v) is 3.84. The van der Waals surface area contributed by atoms with Crippen molar-refractivity contribution in [2.45, 2.75) is 6.92 Å². The average Bonchev–Trinajstić information content (AvgIpc) is 3.32. The van der Waals surface area contributed by atoms with E-state index in [-0.39, 0.29) is 22.6 Å². The molecule has 14 heteroatoms. The molecular weight excluding hydrogens is 474 g/mol. The first kappa shape index (κ1) is 24.2. The molecule has 150 valence electrons. The van der Waals surface area contributed by atoms with Crippen LogP contribution >= 0.6 is 46.4 Å². The SMILES string of the molecule is Cc1cc2c(Cl)nnc(Cl)c2o1.Clc1nnc(Cl)c2occc12.O=C=O.O=C=O. The number of rotatable bonds is 0. The minimum Gasteiger partial charge on any atom is -0.461 e. The summed E-state index contributed by atoms with van der Waals surface area (Å²) in [5.74, 6) is 0.739. The van der Waals surface area contributed by atoms with Crippen LogP contribution in [-0.4, -0.2) is 32.7 Å². The Bertz CT molecular complexity index is 1090. The molecule has 4 rings (SSSR count). The Morgan fingerprint density at radius 3 is 1.69 bits per heavy atom. The predicted molar refractivity (Wildman–Crippen MR) is 98.4 cm³/mol. The summed E-state index contributed by atoms with van der Waals surface area (Å²) in [4.78, 5) is 32.5. The summed E-state index contributed by atoms with van der Waals surface area (Å²) in [6.45, 7) is 1.81. The number of halogens is 4. The molecule has 29 heavy (non-hydrogen) atoms. The molecule has 4 aromatic rings. The standard InChI is InChI=1S/C7H4Cl2N2O.C6H2Cl2N2O.2CO2/c1-3-2-4-5(12-3)7(9)11-10-6(4)8;7-5-3-1-2-11-4(3)6(8)10-9-5;2*2-1-3/h2H,1H3;1-2H;;. The van der Waals surface area contributed by atoms with E-state index >= 15 is 0 Å². The monoisotopic (exact) mass is 478 g/mol. The van der Waals surface area contributed by atoms with Crippen molar-refractivity contribution in [1.29, 1.82) is 0 Å². The van der Waals surface area contributed by atoms with Gasteiger partial charge in [-0.3, -0.25) is 0 Å². The molecule has 0 unspecified atom stereocenters. The van der Waals surface area contributed by atoms with E-state index in [0.717, 1.165) is 5.76 Å². The average molecular weight is 480 g/mol. The van der Waals surface area contributed by atoms with Gasteiger partial charge >= 0.3 is 12.3 Å². The van der Waals surface area contributed by atoms with Crippen LogP contribution in [0.1, 0.15) is 5.76 Å². The Balaban J connectivity index is 0.000000230. The summed E-state index contributed by atoms with van der Waals surface area (Å²) < 4.78 is 10.3. The van der Waals surface area contributed by atoms with Gasteiger partial charge in [0.15, 0.2) is 31.8 Å². The number of aromatic nitrogens is 4. The normalized spacial score (nSPS) is 9.14. The maximum Gasteiger partial charge on any atom is 0.373 e. The molecule has 10 nitrogen and oxygen atoms in total. The van der Waals surface area contributed by atoms with Crippen molar-refractivity contribution in [3.63, 3.8) is 0 Å². The van der Waals surface area contributed by atoms with Crippen LogP contribution in [0.2, 0.25) is 20.6 Å². The number of nitrogens with zero attached hydrogens (tertiary/aromatic N) is 4. The minimum absolute atomic E-state index is 0.231. The van der Waals surface area contributed by atoms with E-state index in [1.165, 1.54) is 6.26 Å². The Morgan fingerprint density at radius 1 is 0.759 bits per heavy atom. The second-order valence-electron chi connectivity index (χ2n) is 4.49. The molecule has 0 amide bonds. The molecule has 0 bridgehead atoms. The summed E-state index contributed by atoms with van der Waals surface area (Å²) >= 11 is 22.8. The van der Waals surface area contributed by atoms with Crippen LogP contribution in [0.3, 0.4) is 0 Å². The van der Waals surface area contributed by atoms with Crippen molar-refractivity contribution < 1.29 is 28.0 Å². The number of fused-ring (bicyclic) bond motifs is 2. The Hall–Kier alpha value is -2.84. The van der Waals surface area contributed by atoms with Gasteiger partial charge in [0.25, 0.3) is 0 Å². The first-order valence-electron chi connectivity index (χ1n) is 6.91. The van der Waals surface area contributed by atoms with Crippen LogP contribution in [0.4, 0.5) is 0 Å². The third kappa shape index (κ3) is 6.62. The van der Waals surface area contributed by atoms with Gasteiger partial charge in [0, 0.05) is 0 Å². The van der Waals surface area contributed by atoms with Gasteiger partial charge < -0.3 is 8.83 Å². The highest BCUT2D eigenvalue weighted by atomic mass is 35.5. The van der Waals surface area contributed by atoms with Gasteiger partial charge in [-0.2, -0.15) is 19.2 Å². The van der Waals surface area contributed by atoms with E-state index in [1.54, 1.807) is 12.1 Å². The summed E-state index contributed by atoms with van der Waals surface area (Å²) in [6, 6.07) is 3.47. The topological polar surface area (TPSA) is 146 Å². The fourth-order valence-corrected chi connectivity index (χ4v) is 2.55. The summed E-state index contributed by atoms with van der Waals surface area (Å²) in [7, 11) is 0. The van der Waals surface area contributed by atoms with Gasteiger partial charge in [0.1, 0.15) is 5.76 Å². The van der Waals surface area contributed by atoms with Crippen molar-refractivity contribution in [3.8, 4) is 0 Å². The largest absolute Gasteiger partial charge is 0.461 e. The van der Waals surface area contributed by atoms with Crippen molar-refractivity contribution in [2.75, 3.05) is 0 Å². The molecule has 0 saturated heterocycles. The Labute approximate surface area is 180 Å². The third-order valence-electron chi connectivity index (χ3n) is 2.79. The number of furan rings is 2. The zero-order valence-corrected chi connectivity index (χ0v) is 17.0. The van der Waals surface area contributed by atoms with Crippen molar-refractivity contribution >= 4 is 80.6 Å². The first-order chi connectivity index (χ1) is 13.8. The Morgan fingerprint density at radius 2 is 1.21 bits per heavy atom. The molecule has 0 radical (unpaired) electrons. The van der Waals surface area contributed by atoms with E-state index in [0.29, 0.717) is 32.2 Å². The van der Waals surface area contributed by atoms with E-state index in [2.05, 4.69) is 20.4 Å². The Kier molecular flexibility index (Phi) is 9.91. The molecule has 0 N–H and O–H groups in total. The highest BCUT2D eigenvalue weighted by Gasteiger charge is 2.10. The van der Waals surface area contributed by atoms with Gasteiger partial charge in [0.2, 0.25) is 0 Å². The fourth-order valence-electron chi connectivity index (χ4n) is 1.83. The smallest absolute Gasteiger partial charge is 0.373 e. The second kappa shape index (κ2) is 11.9. The van der Waals surface area contributed by atoms with Crippen LogP contribution in [0.25, 0.3) is 21.9 Å². The zero-order chi connectivity index (χ0) is 22.0. The maximum atomic E-state index is 8.12. The molecule has 4 heterocycles. The number of aryl methyl sites for hydroxylation is 1. The lowest BCUT2D eigenvalue weighted by Crippen LogP contribution is -1.82. The van der Waals surface area contributed by atoms with Gasteiger partial charge in [-0.1, -0.05) is 46.4 Å². The van der Waals surface area contributed by atoms with Crippen LogP contribution in [0, 0.1) is 6.92 Å². The van der Waals surface area contributed by atoms with Crippen molar-refractivity contribution in [2.24, 2.45) is 0 Å². The fraction of sp³-hybridized carbons (Fsp3) is 0.0667. The summed E-state index contributed by atoms with van der Waals surface area (Å²) in [5, 5.41) is 16.9. The molecule has 0 aliphatic rings. The molecule has 0 aromatic carbocycles.